The van der Waals surface area contributed by atoms with Crippen LogP contribution in [0.25, 0.3) is 15.5 Å². The van der Waals surface area contributed by atoms with Gasteiger partial charge in [-0.2, -0.15) is 5.10 Å². The molecule has 0 fully saturated rings. The SMILES string of the molecule is Cc1cc2nc(C)c(CCC(=O)OCc3csc(-c4cccs4)n3)c(C)n2n1. The summed E-state index contributed by atoms with van der Waals surface area (Å²) in [5, 5.41) is 9.40. The normalized spacial score (nSPS) is 11.2. The van der Waals surface area contributed by atoms with Crippen LogP contribution in [0, 0.1) is 20.8 Å². The van der Waals surface area contributed by atoms with Crippen molar-refractivity contribution in [3.05, 3.63) is 57.3 Å². The average Bonchev–Trinajstić information content (AvgIpc) is 3.39. The predicted molar refractivity (Wildman–Crippen MR) is 111 cm³/mol. The Kier molecular flexibility index (Phi) is 5.23. The molecule has 4 aromatic heterocycles. The van der Waals surface area contributed by atoms with Gasteiger partial charge in [0.15, 0.2) is 5.65 Å². The van der Waals surface area contributed by atoms with Crippen LogP contribution in [0.4, 0.5) is 0 Å². The topological polar surface area (TPSA) is 69.4 Å². The second-order valence-electron chi connectivity index (χ2n) is 6.60. The molecule has 0 amide bonds. The molecule has 0 atom stereocenters. The minimum atomic E-state index is -0.235. The number of thiazole rings is 1. The van der Waals surface area contributed by atoms with Crippen LogP contribution in [0.5, 0.6) is 0 Å². The fourth-order valence-corrected chi connectivity index (χ4v) is 4.76. The monoisotopic (exact) mass is 412 g/mol. The maximum atomic E-state index is 12.2. The van der Waals surface area contributed by atoms with Crippen LogP contribution < -0.4 is 0 Å². The second kappa shape index (κ2) is 7.81. The molecule has 0 saturated carbocycles. The van der Waals surface area contributed by atoms with Gasteiger partial charge >= 0.3 is 5.97 Å². The predicted octanol–water partition coefficient (Wildman–Crippen LogP) is 4.52. The summed E-state index contributed by atoms with van der Waals surface area (Å²) in [7, 11) is 0. The number of aromatic nitrogens is 4. The van der Waals surface area contributed by atoms with Crippen molar-refractivity contribution in [3.8, 4) is 9.88 Å². The zero-order valence-corrected chi connectivity index (χ0v) is 17.6. The number of aryl methyl sites for hydroxylation is 3. The van der Waals surface area contributed by atoms with Gasteiger partial charge in [-0.25, -0.2) is 14.5 Å². The van der Waals surface area contributed by atoms with E-state index in [1.165, 1.54) is 0 Å². The first-order valence-corrected chi connectivity index (χ1v) is 10.7. The smallest absolute Gasteiger partial charge is 0.306 e. The Balaban J connectivity index is 1.37. The van der Waals surface area contributed by atoms with E-state index >= 15 is 0 Å². The van der Waals surface area contributed by atoms with Crippen molar-refractivity contribution in [3.63, 3.8) is 0 Å². The molecule has 0 unspecified atom stereocenters. The zero-order valence-electron chi connectivity index (χ0n) is 15.9. The number of thiophene rings is 1. The lowest BCUT2D eigenvalue weighted by molar-refractivity contribution is -0.145. The average molecular weight is 413 g/mol. The lowest BCUT2D eigenvalue weighted by Crippen LogP contribution is -2.10. The summed E-state index contributed by atoms with van der Waals surface area (Å²) < 4.78 is 7.26. The highest BCUT2D eigenvalue weighted by atomic mass is 32.1. The quantitative estimate of drug-likeness (QED) is 0.436. The first-order chi connectivity index (χ1) is 13.5. The Labute approximate surface area is 170 Å². The van der Waals surface area contributed by atoms with E-state index in [0.29, 0.717) is 12.8 Å². The van der Waals surface area contributed by atoms with Crippen molar-refractivity contribution in [2.24, 2.45) is 0 Å². The first-order valence-electron chi connectivity index (χ1n) is 8.97. The van der Waals surface area contributed by atoms with Gasteiger partial charge in [0.05, 0.1) is 16.3 Å². The van der Waals surface area contributed by atoms with Gasteiger partial charge in [-0.1, -0.05) is 6.07 Å². The number of esters is 1. The van der Waals surface area contributed by atoms with Crippen LogP contribution >= 0.6 is 22.7 Å². The number of ether oxygens (including phenoxy) is 1. The van der Waals surface area contributed by atoms with Gasteiger partial charge in [0.25, 0.3) is 0 Å². The van der Waals surface area contributed by atoms with Crippen molar-refractivity contribution >= 4 is 34.3 Å². The third-order valence-electron chi connectivity index (χ3n) is 4.53. The summed E-state index contributed by atoms with van der Waals surface area (Å²) in [6, 6.07) is 5.99. The largest absolute Gasteiger partial charge is 0.459 e. The summed E-state index contributed by atoms with van der Waals surface area (Å²) in [5.74, 6) is -0.235. The van der Waals surface area contributed by atoms with Crippen LogP contribution in [0.1, 0.15) is 34.8 Å². The molecule has 6 nitrogen and oxygen atoms in total. The standard InChI is InChI=1S/C20H20N4O2S2/c1-12-9-18-21-13(2)16(14(3)24(18)23-12)6-7-19(25)26-10-15-11-28-20(22-15)17-5-4-8-27-17/h4-5,8-9,11H,6-7,10H2,1-3H3. The van der Waals surface area contributed by atoms with Crippen LogP contribution in [-0.4, -0.2) is 25.6 Å². The van der Waals surface area contributed by atoms with Gasteiger partial charge < -0.3 is 4.74 Å². The van der Waals surface area contributed by atoms with E-state index in [0.717, 1.165) is 43.9 Å². The number of nitrogens with zero attached hydrogens (tertiary/aromatic N) is 4. The van der Waals surface area contributed by atoms with Gasteiger partial charge in [-0.3, -0.25) is 4.79 Å². The molecule has 8 heteroatoms. The number of hydrogen-bond donors (Lipinski definition) is 0. The summed E-state index contributed by atoms with van der Waals surface area (Å²) in [4.78, 5) is 22.5. The molecule has 4 rings (SSSR count). The molecule has 144 valence electrons. The maximum absolute atomic E-state index is 12.2. The Morgan fingerprint density at radius 1 is 1.21 bits per heavy atom. The van der Waals surface area contributed by atoms with Gasteiger partial charge in [0.2, 0.25) is 0 Å². The van der Waals surface area contributed by atoms with E-state index in [2.05, 4.69) is 15.1 Å². The minimum Gasteiger partial charge on any atom is -0.459 e. The van der Waals surface area contributed by atoms with Crippen molar-refractivity contribution in [1.82, 2.24) is 19.6 Å². The number of carbonyl (C=O) groups is 1. The van der Waals surface area contributed by atoms with E-state index in [1.54, 1.807) is 22.7 Å². The number of carbonyl (C=O) groups excluding carboxylic acids is 1. The highest BCUT2D eigenvalue weighted by Gasteiger charge is 2.14. The van der Waals surface area contributed by atoms with Crippen LogP contribution in [0.3, 0.4) is 0 Å². The van der Waals surface area contributed by atoms with Gasteiger partial charge in [-0.15, -0.1) is 22.7 Å². The zero-order chi connectivity index (χ0) is 19.7. The van der Waals surface area contributed by atoms with Crippen molar-refractivity contribution in [2.45, 2.75) is 40.2 Å². The van der Waals surface area contributed by atoms with Crippen molar-refractivity contribution < 1.29 is 9.53 Å². The highest BCUT2D eigenvalue weighted by molar-refractivity contribution is 7.20. The lowest BCUT2D eigenvalue weighted by atomic mass is 10.1. The van der Waals surface area contributed by atoms with Crippen molar-refractivity contribution in [1.29, 1.82) is 0 Å². The molecule has 4 heterocycles. The van der Waals surface area contributed by atoms with Crippen LogP contribution in [0.2, 0.25) is 0 Å². The Hall–Kier alpha value is -2.58. The van der Waals surface area contributed by atoms with Gasteiger partial charge in [-0.05, 0) is 44.2 Å². The molecule has 0 radical (unpaired) electrons. The van der Waals surface area contributed by atoms with E-state index in [4.69, 9.17) is 4.74 Å². The molecule has 28 heavy (non-hydrogen) atoms. The maximum Gasteiger partial charge on any atom is 0.306 e. The summed E-state index contributed by atoms with van der Waals surface area (Å²) in [5.41, 5.74) is 5.53. The molecule has 0 spiro atoms. The lowest BCUT2D eigenvalue weighted by Gasteiger charge is -2.10. The fourth-order valence-electron chi connectivity index (χ4n) is 3.14. The van der Waals surface area contributed by atoms with Gasteiger partial charge in [0, 0.05) is 29.3 Å². The molecular weight excluding hydrogens is 392 g/mol. The minimum absolute atomic E-state index is 0.203. The molecule has 0 aliphatic rings. The molecule has 0 aliphatic heterocycles. The van der Waals surface area contributed by atoms with Crippen LogP contribution in [0.15, 0.2) is 29.0 Å². The van der Waals surface area contributed by atoms with Gasteiger partial charge in [0.1, 0.15) is 11.6 Å². The van der Waals surface area contributed by atoms with Crippen LogP contribution in [-0.2, 0) is 22.6 Å². The van der Waals surface area contributed by atoms with E-state index in [-0.39, 0.29) is 12.6 Å². The fraction of sp³-hybridized carbons (Fsp3) is 0.300. The molecule has 4 aromatic rings. The molecule has 0 N–H and O–H groups in total. The summed E-state index contributed by atoms with van der Waals surface area (Å²) in [6.45, 7) is 6.13. The molecule has 0 saturated heterocycles. The number of rotatable bonds is 6. The second-order valence-corrected chi connectivity index (χ2v) is 8.40. The molecule has 0 bridgehead atoms. The van der Waals surface area contributed by atoms with Crippen molar-refractivity contribution in [2.75, 3.05) is 0 Å². The molecular formula is C20H20N4O2S2. The first kappa shape index (κ1) is 18.8. The number of hydrogen-bond acceptors (Lipinski definition) is 7. The Bertz CT molecular complexity index is 1130. The molecule has 0 aliphatic carbocycles. The Morgan fingerprint density at radius 3 is 2.86 bits per heavy atom. The van der Waals surface area contributed by atoms with E-state index < -0.39 is 0 Å². The third-order valence-corrected chi connectivity index (χ3v) is 6.46. The summed E-state index contributed by atoms with van der Waals surface area (Å²) in [6.07, 6.45) is 0.882. The van der Waals surface area contributed by atoms with E-state index in [9.17, 15) is 4.79 Å². The highest BCUT2D eigenvalue weighted by Crippen LogP contribution is 2.28. The molecule has 0 aromatic carbocycles. The Morgan fingerprint density at radius 2 is 2.07 bits per heavy atom. The summed E-state index contributed by atoms with van der Waals surface area (Å²) >= 11 is 3.22. The number of fused-ring (bicyclic) bond motifs is 1. The third kappa shape index (κ3) is 3.83. The van der Waals surface area contributed by atoms with E-state index in [1.807, 2.05) is 54.2 Å².